The van der Waals surface area contributed by atoms with E-state index in [-0.39, 0.29) is 0 Å². The average molecular weight is 283 g/mol. The van der Waals surface area contributed by atoms with E-state index in [1.54, 1.807) is 0 Å². The van der Waals surface area contributed by atoms with E-state index in [1.807, 2.05) is 49.4 Å². The molecule has 1 aromatic carbocycles. The molecule has 16 heavy (non-hydrogen) atoms. The summed E-state index contributed by atoms with van der Waals surface area (Å²) < 4.78 is -0.835. The zero-order chi connectivity index (χ0) is 12.0. The lowest BCUT2D eigenvalue weighted by Crippen LogP contribution is -2.30. The molecule has 0 heterocycles. The number of carbonyl (C=O) groups is 1. The first-order chi connectivity index (χ1) is 7.58. The largest absolute Gasteiger partial charge is 0.480 e. The van der Waals surface area contributed by atoms with Crippen LogP contribution in [0.3, 0.4) is 0 Å². The van der Waals surface area contributed by atoms with Crippen LogP contribution in [0.2, 0.25) is 0 Å². The Labute approximate surface area is 104 Å². The van der Waals surface area contributed by atoms with Gasteiger partial charge >= 0.3 is 5.97 Å². The highest BCUT2D eigenvalue weighted by Crippen LogP contribution is 2.27. The van der Waals surface area contributed by atoms with E-state index >= 15 is 0 Å². The molecule has 2 nitrogen and oxygen atoms in total. The summed E-state index contributed by atoms with van der Waals surface area (Å²) in [4.78, 5) is 11.0. The van der Waals surface area contributed by atoms with Gasteiger partial charge < -0.3 is 5.11 Å². The number of rotatable bonds is 5. The van der Waals surface area contributed by atoms with Crippen LogP contribution in [0.1, 0.15) is 25.3 Å². The predicted molar refractivity (Wildman–Crippen MR) is 69.7 cm³/mol. The van der Waals surface area contributed by atoms with Crippen molar-refractivity contribution < 1.29 is 9.90 Å². The second-order valence-electron chi connectivity index (χ2n) is 3.64. The van der Waals surface area contributed by atoms with E-state index in [2.05, 4.69) is 15.9 Å². The molecule has 1 aromatic rings. The van der Waals surface area contributed by atoms with Gasteiger partial charge in [-0.1, -0.05) is 65.3 Å². The van der Waals surface area contributed by atoms with Crippen molar-refractivity contribution in [2.75, 3.05) is 0 Å². The first-order valence-corrected chi connectivity index (χ1v) is 6.01. The number of benzene rings is 1. The summed E-state index contributed by atoms with van der Waals surface area (Å²) in [5, 5.41) is 9.05. The molecule has 0 spiro atoms. The second-order valence-corrected chi connectivity index (χ2v) is 5.16. The van der Waals surface area contributed by atoms with Gasteiger partial charge in [0.05, 0.1) is 0 Å². The molecule has 0 aliphatic heterocycles. The lowest BCUT2D eigenvalue weighted by Gasteiger charge is -2.18. The minimum Gasteiger partial charge on any atom is -0.480 e. The molecular formula is C13H15BrO2. The van der Waals surface area contributed by atoms with Crippen molar-refractivity contribution >= 4 is 28.0 Å². The third kappa shape index (κ3) is 3.49. The second kappa shape index (κ2) is 5.85. The van der Waals surface area contributed by atoms with E-state index in [1.165, 1.54) is 0 Å². The van der Waals surface area contributed by atoms with Crippen LogP contribution < -0.4 is 0 Å². The Morgan fingerprint density at radius 1 is 1.44 bits per heavy atom. The SMILES string of the molecule is CCC(Br)(CC=Cc1ccccc1)C(=O)O. The van der Waals surface area contributed by atoms with Crippen LogP contribution in [0.4, 0.5) is 0 Å². The van der Waals surface area contributed by atoms with Gasteiger partial charge in [-0.3, -0.25) is 4.79 Å². The van der Waals surface area contributed by atoms with Crippen LogP contribution in [0.25, 0.3) is 6.08 Å². The average Bonchev–Trinajstić information content (AvgIpc) is 2.30. The van der Waals surface area contributed by atoms with Crippen molar-refractivity contribution in [1.29, 1.82) is 0 Å². The van der Waals surface area contributed by atoms with E-state index in [4.69, 9.17) is 5.11 Å². The van der Waals surface area contributed by atoms with Crippen LogP contribution in [0, 0.1) is 0 Å². The zero-order valence-corrected chi connectivity index (χ0v) is 10.8. The van der Waals surface area contributed by atoms with Crippen molar-refractivity contribution in [3.63, 3.8) is 0 Å². The Hall–Kier alpha value is -1.09. The topological polar surface area (TPSA) is 37.3 Å². The maximum Gasteiger partial charge on any atom is 0.320 e. The van der Waals surface area contributed by atoms with Crippen LogP contribution in [-0.2, 0) is 4.79 Å². The molecule has 1 N–H and O–H groups in total. The van der Waals surface area contributed by atoms with Gasteiger partial charge in [-0.05, 0) is 18.4 Å². The van der Waals surface area contributed by atoms with Crippen LogP contribution in [-0.4, -0.2) is 15.4 Å². The molecule has 3 heteroatoms. The van der Waals surface area contributed by atoms with E-state index in [0.717, 1.165) is 5.56 Å². The minimum atomic E-state index is -0.835. The first kappa shape index (κ1) is 13.0. The summed E-state index contributed by atoms with van der Waals surface area (Å²) >= 11 is 3.27. The van der Waals surface area contributed by atoms with Crippen molar-refractivity contribution in [2.45, 2.75) is 24.1 Å². The highest BCUT2D eigenvalue weighted by molar-refractivity contribution is 9.10. The van der Waals surface area contributed by atoms with Gasteiger partial charge in [0.2, 0.25) is 0 Å². The summed E-state index contributed by atoms with van der Waals surface area (Å²) in [6.45, 7) is 1.86. The lowest BCUT2D eigenvalue weighted by atomic mass is 10.0. The molecule has 86 valence electrons. The molecule has 0 radical (unpaired) electrons. The van der Waals surface area contributed by atoms with Crippen molar-refractivity contribution in [1.82, 2.24) is 0 Å². The fraction of sp³-hybridized carbons (Fsp3) is 0.308. The van der Waals surface area contributed by atoms with Crippen molar-refractivity contribution in [3.05, 3.63) is 42.0 Å². The van der Waals surface area contributed by atoms with Crippen molar-refractivity contribution in [3.8, 4) is 0 Å². The molecule has 0 aliphatic rings. The third-order valence-corrected chi connectivity index (χ3v) is 3.72. The van der Waals surface area contributed by atoms with Gasteiger partial charge in [0, 0.05) is 0 Å². The fourth-order valence-electron chi connectivity index (χ4n) is 1.33. The minimum absolute atomic E-state index is 0.480. The lowest BCUT2D eigenvalue weighted by molar-refractivity contribution is -0.139. The standard InChI is InChI=1S/C13H15BrO2/c1-2-13(14,12(15)16)10-6-9-11-7-4-3-5-8-11/h3-9H,2,10H2,1H3,(H,15,16). The molecule has 1 rings (SSSR count). The number of carboxylic acid groups (broad SMARTS) is 1. The molecule has 1 unspecified atom stereocenters. The molecule has 0 fully saturated rings. The number of halogens is 1. The zero-order valence-electron chi connectivity index (χ0n) is 9.19. The molecule has 0 saturated heterocycles. The highest BCUT2D eigenvalue weighted by atomic mass is 79.9. The van der Waals surface area contributed by atoms with Gasteiger partial charge in [0.15, 0.2) is 0 Å². The Kier molecular flexibility index (Phi) is 4.74. The maximum absolute atomic E-state index is 11.0. The fourth-order valence-corrected chi connectivity index (χ4v) is 1.52. The molecular weight excluding hydrogens is 268 g/mol. The van der Waals surface area contributed by atoms with Gasteiger partial charge in [0.25, 0.3) is 0 Å². The molecule has 0 saturated carbocycles. The van der Waals surface area contributed by atoms with Gasteiger partial charge in [-0.25, -0.2) is 0 Å². The van der Waals surface area contributed by atoms with Crippen molar-refractivity contribution in [2.24, 2.45) is 0 Å². The Balaban J connectivity index is 2.63. The van der Waals surface area contributed by atoms with Gasteiger partial charge in [0.1, 0.15) is 4.32 Å². The quantitative estimate of drug-likeness (QED) is 0.836. The first-order valence-electron chi connectivity index (χ1n) is 5.22. The summed E-state index contributed by atoms with van der Waals surface area (Å²) in [6.07, 6.45) is 4.87. The van der Waals surface area contributed by atoms with Gasteiger partial charge in [-0.2, -0.15) is 0 Å². The maximum atomic E-state index is 11.0. The van der Waals surface area contributed by atoms with E-state index in [0.29, 0.717) is 12.8 Å². The number of alkyl halides is 1. The smallest absolute Gasteiger partial charge is 0.320 e. The normalized spacial score (nSPS) is 14.9. The van der Waals surface area contributed by atoms with E-state index < -0.39 is 10.3 Å². The summed E-state index contributed by atoms with van der Waals surface area (Å²) in [7, 11) is 0. The monoisotopic (exact) mass is 282 g/mol. The number of aliphatic carboxylic acids is 1. The number of allylic oxidation sites excluding steroid dienone is 1. The summed E-state index contributed by atoms with van der Waals surface area (Å²) in [5.74, 6) is -0.812. The van der Waals surface area contributed by atoms with Crippen LogP contribution in [0.5, 0.6) is 0 Å². The van der Waals surface area contributed by atoms with E-state index in [9.17, 15) is 4.79 Å². The number of hydrogen-bond acceptors (Lipinski definition) is 1. The van der Waals surface area contributed by atoms with Crippen LogP contribution in [0.15, 0.2) is 36.4 Å². The van der Waals surface area contributed by atoms with Gasteiger partial charge in [-0.15, -0.1) is 0 Å². The summed E-state index contributed by atoms with van der Waals surface area (Å²) in [5.41, 5.74) is 1.08. The Morgan fingerprint density at radius 2 is 2.06 bits per heavy atom. The highest BCUT2D eigenvalue weighted by Gasteiger charge is 2.31. The van der Waals surface area contributed by atoms with Crippen LogP contribution >= 0.6 is 15.9 Å². The number of hydrogen-bond donors (Lipinski definition) is 1. The summed E-state index contributed by atoms with van der Waals surface area (Å²) in [6, 6.07) is 9.84. The molecule has 0 aromatic heterocycles. The molecule has 1 atom stereocenters. The molecule has 0 aliphatic carbocycles. The molecule has 0 bridgehead atoms. The number of carboxylic acids is 1. The Morgan fingerprint density at radius 3 is 2.56 bits per heavy atom. The predicted octanol–water partition coefficient (Wildman–Crippen LogP) is 3.72. The Bertz CT molecular complexity index is 373. The molecule has 0 amide bonds. The third-order valence-electron chi connectivity index (χ3n) is 2.49.